The molecule has 2 heteroatoms. The fourth-order valence-electron chi connectivity index (χ4n) is 0.276. The predicted molar refractivity (Wildman–Crippen MR) is 28.3 cm³/mol. The van der Waals surface area contributed by atoms with Gasteiger partial charge in [0.15, 0.2) is 6.29 Å². The van der Waals surface area contributed by atoms with Crippen LogP contribution in [0.2, 0.25) is 0 Å². The van der Waals surface area contributed by atoms with Crippen LogP contribution in [0.3, 0.4) is 0 Å². The van der Waals surface area contributed by atoms with Crippen molar-refractivity contribution in [1.29, 1.82) is 5.41 Å². The third-order valence-electron chi connectivity index (χ3n) is 0.627. The van der Waals surface area contributed by atoms with E-state index in [0.717, 1.165) is 6.42 Å². The summed E-state index contributed by atoms with van der Waals surface area (Å²) in [6.07, 6.45) is 4.99. The lowest BCUT2D eigenvalue weighted by atomic mass is 10.3. The highest BCUT2D eigenvalue weighted by Gasteiger charge is 1.79. The second-order valence-electron chi connectivity index (χ2n) is 1.24. The van der Waals surface area contributed by atoms with E-state index in [1.807, 2.05) is 0 Å². The minimum Gasteiger partial charge on any atom is -0.313 e. The number of unbranched alkanes of at least 4 members (excludes halogenated alkanes) is 2. The van der Waals surface area contributed by atoms with Crippen LogP contribution in [-0.2, 0) is 4.79 Å². The zero-order valence-corrected chi connectivity index (χ0v) is 4.11. The summed E-state index contributed by atoms with van der Waals surface area (Å²) in [5, 5.41) is 6.53. The van der Waals surface area contributed by atoms with E-state index in [0.29, 0.717) is 12.8 Å². The smallest absolute Gasteiger partial charge is 0.198 e. The third kappa shape index (κ3) is 5.34. The van der Waals surface area contributed by atoms with Gasteiger partial charge in [-0.05, 0) is 19.1 Å². The summed E-state index contributed by atoms with van der Waals surface area (Å²) in [6.45, 7) is 0. The monoisotopic (exact) mass is 98.1 g/mol. The molecule has 1 N–H and O–H groups in total. The highest BCUT2D eigenvalue weighted by atomic mass is 16.1. The van der Waals surface area contributed by atoms with E-state index in [4.69, 9.17) is 5.41 Å². The molecule has 7 heavy (non-hydrogen) atoms. The van der Waals surface area contributed by atoms with Gasteiger partial charge in [0.1, 0.15) is 0 Å². The Morgan fingerprint density at radius 2 is 2.43 bits per heavy atom. The average Bonchev–Trinajstić information content (AvgIpc) is 1.69. The molecule has 0 unspecified atom stereocenters. The van der Waals surface area contributed by atoms with Crippen LogP contribution in [0.5, 0.6) is 0 Å². The first-order valence-electron chi connectivity index (χ1n) is 2.25. The Kier molecular flexibility index (Phi) is 4.84. The lowest BCUT2D eigenvalue weighted by Gasteiger charge is -1.79. The molecule has 0 saturated carbocycles. The molecule has 0 fully saturated rings. The molecule has 0 aromatic heterocycles. The molecule has 0 aliphatic carbocycles. The molecule has 0 spiro atoms. The maximum absolute atomic E-state index is 9.48. The fourth-order valence-corrected chi connectivity index (χ4v) is 0.276. The molecular formula is C5H8NO. The first-order chi connectivity index (χ1) is 3.41. The Hall–Kier alpha value is -0.660. The summed E-state index contributed by atoms with van der Waals surface area (Å²) in [5.41, 5.74) is 0. The second kappa shape index (κ2) is 5.34. The lowest BCUT2D eigenvalue weighted by molar-refractivity contribution is 0.549. The van der Waals surface area contributed by atoms with Crippen molar-refractivity contribution in [2.45, 2.75) is 19.3 Å². The van der Waals surface area contributed by atoms with Gasteiger partial charge in [-0.3, -0.25) is 4.79 Å². The van der Waals surface area contributed by atoms with Crippen molar-refractivity contribution in [3.63, 3.8) is 0 Å². The van der Waals surface area contributed by atoms with Crippen LogP contribution >= 0.6 is 0 Å². The SMILES string of the molecule is N=CCCC[C]=O. The standard InChI is InChI=1S/C5H8NO/c6-4-2-1-3-5-7/h4,6H,1-3H2. The number of hydrogen-bond donors (Lipinski definition) is 1. The Bertz CT molecular complexity index is 53.1. The van der Waals surface area contributed by atoms with Crippen LogP contribution in [0.4, 0.5) is 0 Å². The fraction of sp³-hybridized carbons (Fsp3) is 0.600. The topological polar surface area (TPSA) is 40.9 Å². The Morgan fingerprint density at radius 3 is 2.86 bits per heavy atom. The van der Waals surface area contributed by atoms with Gasteiger partial charge in [-0.25, -0.2) is 0 Å². The maximum atomic E-state index is 9.48. The molecule has 0 bridgehead atoms. The maximum Gasteiger partial charge on any atom is 0.198 e. The van der Waals surface area contributed by atoms with E-state index in [-0.39, 0.29) is 0 Å². The Labute approximate surface area is 43.0 Å². The van der Waals surface area contributed by atoms with Gasteiger partial charge in [0.2, 0.25) is 0 Å². The first kappa shape index (κ1) is 6.34. The van der Waals surface area contributed by atoms with Crippen molar-refractivity contribution in [2.24, 2.45) is 0 Å². The minimum absolute atomic E-state index is 0.468. The molecule has 0 amide bonds. The van der Waals surface area contributed by atoms with Crippen LogP contribution in [0.15, 0.2) is 0 Å². The van der Waals surface area contributed by atoms with Gasteiger partial charge in [-0.15, -0.1) is 0 Å². The number of carbonyl (C=O) groups excluding carboxylic acids is 1. The summed E-state index contributed by atoms with van der Waals surface area (Å²) >= 11 is 0. The number of rotatable bonds is 4. The van der Waals surface area contributed by atoms with Crippen molar-refractivity contribution in [3.8, 4) is 0 Å². The summed E-state index contributed by atoms with van der Waals surface area (Å²) < 4.78 is 0. The first-order valence-corrected chi connectivity index (χ1v) is 2.25. The van der Waals surface area contributed by atoms with E-state index in [2.05, 4.69) is 0 Å². The van der Waals surface area contributed by atoms with E-state index in [1.54, 1.807) is 6.29 Å². The summed E-state index contributed by atoms with van der Waals surface area (Å²) in [5.74, 6) is 0. The molecule has 0 rings (SSSR count). The molecule has 1 radical (unpaired) electrons. The van der Waals surface area contributed by atoms with E-state index >= 15 is 0 Å². The zero-order chi connectivity index (χ0) is 5.54. The van der Waals surface area contributed by atoms with E-state index in [1.165, 1.54) is 6.21 Å². The lowest BCUT2D eigenvalue weighted by Crippen LogP contribution is -1.75. The number of nitrogens with one attached hydrogen (secondary N) is 1. The largest absolute Gasteiger partial charge is 0.313 e. The van der Waals surface area contributed by atoms with Gasteiger partial charge in [-0.2, -0.15) is 0 Å². The van der Waals surface area contributed by atoms with Gasteiger partial charge in [0.25, 0.3) is 0 Å². The van der Waals surface area contributed by atoms with Crippen LogP contribution in [0.25, 0.3) is 0 Å². The van der Waals surface area contributed by atoms with Crippen molar-refractivity contribution < 1.29 is 4.79 Å². The van der Waals surface area contributed by atoms with Gasteiger partial charge in [0, 0.05) is 6.42 Å². The van der Waals surface area contributed by atoms with Crippen LogP contribution in [0, 0.1) is 5.41 Å². The summed E-state index contributed by atoms with van der Waals surface area (Å²) in [7, 11) is 0. The average molecular weight is 98.1 g/mol. The van der Waals surface area contributed by atoms with Crippen molar-refractivity contribution in [2.75, 3.05) is 0 Å². The predicted octanol–water partition coefficient (Wildman–Crippen LogP) is 0.916. The molecular weight excluding hydrogens is 90.1 g/mol. The summed E-state index contributed by atoms with van der Waals surface area (Å²) in [4.78, 5) is 9.48. The molecule has 2 nitrogen and oxygen atoms in total. The number of hydrogen-bond acceptors (Lipinski definition) is 2. The van der Waals surface area contributed by atoms with E-state index in [9.17, 15) is 4.79 Å². The van der Waals surface area contributed by atoms with Crippen LogP contribution < -0.4 is 0 Å². The summed E-state index contributed by atoms with van der Waals surface area (Å²) in [6, 6.07) is 0. The van der Waals surface area contributed by atoms with Gasteiger partial charge >= 0.3 is 0 Å². The third-order valence-corrected chi connectivity index (χ3v) is 0.627. The minimum atomic E-state index is 0.468. The van der Waals surface area contributed by atoms with Gasteiger partial charge in [0.05, 0.1) is 0 Å². The van der Waals surface area contributed by atoms with Crippen molar-refractivity contribution >= 4 is 12.5 Å². The van der Waals surface area contributed by atoms with Gasteiger partial charge in [-0.1, -0.05) is 0 Å². The normalized spacial score (nSPS) is 8.00. The molecule has 0 aliphatic rings. The molecule has 0 aliphatic heterocycles. The quantitative estimate of drug-likeness (QED) is 0.412. The second-order valence-corrected chi connectivity index (χ2v) is 1.24. The Balaban J connectivity index is 2.68. The Morgan fingerprint density at radius 1 is 1.71 bits per heavy atom. The molecule has 0 aromatic carbocycles. The van der Waals surface area contributed by atoms with E-state index < -0.39 is 0 Å². The van der Waals surface area contributed by atoms with Gasteiger partial charge < -0.3 is 5.41 Å². The van der Waals surface area contributed by atoms with Crippen LogP contribution in [-0.4, -0.2) is 12.5 Å². The molecule has 39 valence electrons. The molecule has 0 heterocycles. The van der Waals surface area contributed by atoms with Crippen LogP contribution in [0.1, 0.15) is 19.3 Å². The highest BCUT2D eigenvalue weighted by molar-refractivity contribution is 5.55. The molecule has 0 saturated heterocycles. The molecule has 0 atom stereocenters. The molecule has 0 aromatic rings. The highest BCUT2D eigenvalue weighted by Crippen LogP contribution is 1.85. The van der Waals surface area contributed by atoms with Crippen molar-refractivity contribution in [3.05, 3.63) is 0 Å². The van der Waals surface area contributed by atoms with Crippen molar-refractivity contribution in [1.82, 2.24) is 0 Å². The zero-order valence-electron chi connectivity index (χ0n) is 4.11.